The molecule has 152 valence electrons. The topological polar surface area (TPSA) is 147 Å². The molecule has 9 nitrogen and oxygen atoms in total. The van der Waals surface area contributed by atoms with E-state index in [2.05, 4.69) is 25.5 Å². The molecule has 0 saturated heterocycles. The standard InChI is InChI=1S/C19H15ClN6O3S/c20-15-5-4-11(8-17(15)27)18-14(10-23-26-18)16-6-7-22-19(25-16)24-12-2-1-3-13(9-12)30(21,28)29/h1-10,27H,(H,23,26)(H2,21,28,29)(H,22,24,25). The van der Waals surface area contributed by atoms with E-state index in [1.54, 1.807) is 42.7 Å². The number of rotatable bonds is 5. The van der Waals surface area contributed by atoms with Crippen molar-refractivity contribution in [1.82, 2.24) is 20.2 Å². The zero-order chi connectivity index (χ0) is 21.3. The molecule has 0 aliphatic carbocycles. The number of H-pyrrole nitrogens is 1. The minimum atomic E-state index is -3.83. The quantitative estimate of drug-likeness (QED) is 0.370. The van der Waals surface area contributed by atoms with Crippen LogP contribution in [-0.4, -0.2) is 33.7 Å². The van der Waals surface area contributed by atoms with E-state index in [4.69, 9.17) is 16.7 Å². The van der Waals surface area contributed by atoms with Gasteiger partial charge in [-0.25, -0.2) is 23.5 Å². The van der Waals surface area contributed by atoms with Crippen molar-refractivity contribution in [3.63, 3.8) is 0 Å². The van der Waals surface area contributed by atoms with Gasteiger partial charge >= 0.3 is 0 Å². The van der Waals surface area contributed by atoms with Crippen LogP contribution in [0, 0.1) is 0 Å². The van der Waals surface area contributed by atoms with Crippen molar-refractivity contribution in [3.8, 4) is 28.3 Å². The molecule has 0 unspecified atom stereocenters. The summed E-state index contributed by atoms with van der Waals surface area (Å²) in [6.45, 7) is 0. The van der Waals surface area contributed by atoms with Crippen LogP contribution in [0.25, 0.3) is 22.5 Å². The lowest BCUT2D eigenvalue weighted by Gasteiger charge is -2.08. The SMILES string of the molecule is NS(=O)(=O)c1cccc(Nc2nccc(-c3c[nH]nc3-c3ccc(Cl)c(O)c3)n2)c1. The van der Waals surface area contributed by atoms with Crippen LogP contribution in [0.15, 0.2) is 65.8 Å². The first-order valence-corrected chi connectivity index (χ1v) is 10.5. The Labute approximate surface area is 176 Å². The summed E-state index contributed by atoms with van der Waals surface area (Å²) in [6.07, 6.45) is 3.24. The molecule has 0 amide bonds. The predicted molar refractivity (Wildman–Crippen MR) is 113 cm³/mol. The highest BCUT2D eigenvalue weighted by atomic mass is 35.5. The van der Waals surface area contributed by atoms with Gasteiger partial charge in [0.25, 0.3) is 0 Å². The number of phenols is 1. The van der Waals surface area contributed by atoms with Crippen LogP contribution in [-0.2, 0) is 10.0 Å². The van der Waals surface area contributed by atoms with Gasteiger partial charge in [-0.05, 0) is 36.4 Å². The van der Waals surface area contributed by atoms with E-state index < -0.39 is 10.0 Å². The summed E-state index contributed by atoms with van der Waals surface area (Å²) in [7, 11) is -3.83. The van der Waals surface area contributed by atoms with Gasteiger partial charge in [-0.3, -0.25) is 5.10 Å². The first-order chi connectivity index (χ1) is 14.3. The van der Waals surface area contributed by atoms with Gasteiger partial charge in [0.05, 0.1) is 15.6 Å². The molecule has 0 bridgehead atoms. The first kappa shape index (κ1) is 19.8. The number of aromatic hydroxyl groups is 1. The van der Waals surface area contributed by atoms with E-state index in [1.807, 2.05) is 0 Å². The van der Waals surface area contributed by atoms with Gasteiger partial charge in [0.2, 0.25) is 16.0 Å². The molecule has 4 aromatic rings. The number of primary sulfonamides is 1. The fourth-order valence-corrected chi connectivity index (χ4v) is 3.49. The van der Waals surface area contributed by atoms with Gasteiger partial charge < -0.3 is 10.4 Å². The Balaban J connectivity index is 1.67. The lowest BCUT2D eigenvalue weighted by atomic mass is 10.1. The molecule has 0 fully saturated rings. The summed E-state index contributed by atoms with van der Waals surface area (Å²) >= 11 is 5.88. The van der Waals surface area contributed by atoms with Crippen LogP contribution in [0.4, 0.5) is 11.6 Å². The van der Waals surface area contributed by atoms with Gasteiger partial charge in [-0.15, -0.1) is 0 Å². The number of nitrogens with one attached hydrogen (secondary N) is 2. The molecule has 0 atom stereocenters. The van der Waals surface area contributed by atoms with E-state index >= 15 is 0 Å². The number of benzene rings is 2. The van der Waals surface area contributed by atoms with E-state index in [1.165, 1.54) is 18.2 Å². The Morgan fingerprint density at radius 2 is 1.97 bits per heavy atom. The zero-order valence-electron chi connectivity index (χ0n) is 15.2. The van der Waals surface area contributed by atoms with Crippen molar-refractivity contribution in [1.29, 1.82) is 0 Å². The molecule has 2 aromatic carbocycles. The van der Waals surface area contributed by atoms with E-state index in [0.717, 1.165) is 0 Å². The largest absolute Gasteiger partial charge is 0.506 e. The number of aromatic amines is 1. The molecule has 0 spiro atoms. The second-order valence-corrected chi connectivity index (χ2v) is 8.25. The van der Waals surface area contributed by atoms with Gasteiger partial charge in [-0.1, -0.05) is 23.7 Å². The minimum Gasteiger partial charge on any atom is -0.506 e. The molecule has 30 heavy (non-hydrogen) atoms. The number of phenolic OH excluding ortho intramolecular Hbond substituents is 1. The molecule has 0 radical (unpaired) electrons. The summed E-state index contributed by atoms with van der Waals surface area (Å²) in [6, 6.07) is 12.6. The Hall–Kier alpha value is -3.47. The van der Waals surface area contributed by atoms with Crippen LogP contribution in [0.2, 0.25) is 5.02 Å². The molecule has 4 rings (SSSR count). The highest BCUT2D eigenvalue weighted by Crippen LogP contribution is 2.33. The van der Waals surface area contributed by atoms with Crippen LogP contribution >= 0.6 is 11.6 Å². The third kappa shape index (κ3) is 4.10. The maximum Gasteiger partial charge on any atom is 0.238 e. The number of sulfonamides is 1. The first-order valence-electron chi connectivity index (χ1n) is 8.57. The average Bonchev–Trinajstić information content (AvgIpc) is 3.20. The summed E-state index contributed by atoms with van der Waals surface area (Å²) in [5.41, 5.74) is 2.94. The predicted octanol–water partition coefficient (Wildman–Crippen LogP) is 3.28. The molecule has 2 aromatic heterocycles. The Morgan fingerprint density at radius 3 is 2.73 bits per heavy atom. The highest BCUT2D eigenvalue weighted by molar-refractivity contribution is 7.89. The lowest BCUT2D eigenvalue weighted by molar-refractivity contribution is 0.476. The van der Waals surface area contributed by atoms with Crippen LogP contribution in [0.5, 0.6) is 5.75 Å². The summed E-state index contributed by atoms with van der Waals surface area (Å²) in [5, 5.41) is 25.3. The summed E-state index contributed by atoms with van der Waals surface area (Å²) in [5.74, 6) is 0.202. The lowest BCUT2D eigenvalue weighted by Crippen LogP contribution is -2.12. The van der Waals surface area contributed by atoms with Crippen molar-refractivity contribution in [2.75, 3.05) is 5.32 Å². The van der Waals surface area contributed by atoms with Crippen LogP contribution in [0.1, 0.15) is 0 Å². The second-order valence-electron chi connectivity index (χ2n) is 6.28. The molecule has 0 saturated carbocycles. The molecule has 11 heteroatoms. The fourth-order valence-electron chi connectivity index (χ4n) is 2.81. The maximum atomic E-state index is 11.5. The highest BCUT2D eigenvalue weighted by Gasteiger charge is 2.14. The fraction of sp³-hybridized carbons (Fsp3) is 0. The van der Waals surface area contributed by atoms with Gasteiger partial charge in [0, 0.05) is 29.2 Å². The third-order valence-electron chi connectivity index (χ3n) is 4.21. The molecule has 0 aliphatic rings. The smallest absolute Gasteiger partial charge is 0.238 e. The second kappa shape index (κ2) is 7.75. The van der Waals surface area contributed by atoms with E-state index in [-0.39, 0.29) is 21.6 Å². The molecule has 2 heterocycles. The number of aromatic nitrogens is 4. The van der Waals surface area contributed by atoms with Gasteiger partial charge in [-0.2, -0.15) is 5.10 Å². The number of nitrogens with two attached hydrogens (primary N) is 1. The van der Waals surface area contributed by atoms with Crippen molar-refractivity contribution in [2.24, 2.45) is 5.14 Å². The van der Waals surface area contributed by atoms with Crippen molar-refractivity contribution in [2.45, 2.75) is 4.90 Å². The van der Waals surface area contributed by atoms with Crippen molar-refractivity contribution in [3.05, 3.63) is 65.9 Å². The number of hydrogen-bond donors (Lipinski definition) is 4. The van der Waals surface area contributed by atoms with E-state index in [0.29, 0.717) is 28.2 Å². The average molecular weight is 443 g/mol. The number of nitrogens with zero attached hydrogens (tertiary/aromatic N) is 3. The Kier molecular flexibility index (Phi) is 5.12. The Bertz CT molecular complexity index is 1340. The molecular weight excluding hydrogens is 428 g/mol. The van der Waals surface area contributed by atoms with E-state index in [9.17, 15) is 13.5 Å². The molecular formula is C19H15ClN6O3S. The minimum absolute atomic E-state index is 0.0247. The van der Waals surface area contributed by atoms with Crippen LogP contribution < -0.4 is 10.5 Å². The number of halogens is 1. The monoisotopic (exact) mass is 442 g/mol. The summed E-state index contributed by atoms with van der Waals surface area (Å²) in [4.78, 5) is 8.63. The zero-order valence-corrected chi connectivity index (χ0v) is 16.8. The van der Waals surface area contributed by atoms with Crippen LogP contribution in [0.3, 0.4) is 0 Å². The van der Waals surface area contributed by atoms with Crippen molar-refractivity contribution >= 4 is 33.3 Å². The number of anilines is 2. The Morgan fingerprint density at radius 1 is 1.13 bits per heavy atom. The summed E-state index contributed by atoms with van der Waals surface area (Å²) < 4.78 is 23.1. The van der Waals surface area contributed by atoms with Gasteiger partial charge in [0.1, 0.15) is 11.4 Å². The third-order valence-corrected chi connectivity index (χ3v) is 5.44. The normalized spacial score (nSPS) is 11.4. The van der Waals surface area contributed by atoms with Crippen molar-refractivity contribution < 1.29 is 13.5 Å². The molecule has 0 aliphatic heterocycles. The van der Waals surface area contributed by atoms with Gasteiger partial charge in [0.15, 0.2) is 0 Å². The number of hydrogen-bond acceptors (Lipinski definition) is 7. The maximum absolute atomic E-state index is 11.5. The molecule has 5 N–H and O–H groups in total.